The minimum Gasteiger partial charge on any atom is -0.414 e. The van der Waals surface area contributed by atoms with E-state index in [1.807, 2.05) is 12.1 Å². The first-order valence-corrected chi connectivity index (χ1v) is 8.10. The van der Waals surface area contributed by atoms with E-state index in [1.54, 1.807) is 6.07 Å². The Kier molecular flexibility index (Phi) is 4.51. The van der Waals surface area contributed by atoms with Gasteiger partial charge in [-0.1, -0.05) is 41.0 Å². The van der Waals surface area contributed by atoms with Crippen LogP contribution in [0, 0.1) is 0 Å². The molecular weight excluding hydrogens is 317 g/mol. The maximum Gasteiger partial charge on any atom is 0.276 e. The van der Waals surface area contributed by atoms with Crippen LogP contribution in [0.1, 0.15) is 30.3 Å². The summed E-state index contributed by atoms with van der Waals surface area (Å²) in [5, 5.41) is 13.2. The van der Waals surface area contributed by atoms with Crippen LogP contribution in [0.2, 0.25) is 10.0 Å². The number of rotatable bonds is 4. The standard InChI is InChI=1S/C13H13Cl2N3OS/c14-9-4-3-8(6-10(9)15)7-20-13-18-17-12(19-13)11-2-1-5-16-11/h3-4,6,11,16H,1-2,5,7H2/t11-/m0/s1. The van der Waals surface area contributed by atoms with E-state index >= 15 is 0 Å². The molecule has 1 aliphatic heterocycles. The lowest BCUT2D eigenvalue weighted by Crippen LogP contribution is -2.12. The average Bonchev–Trinajstić information content (AvgIpc) is 3.09. The SMILES string of the molecule is Clc1ccc(CSc2nnc([C@@H]3CCCN3)o2)cc1Cl. The van der Waals surface area contributed by atoms with Crippen molar-refractivity contribution in [2.75, 3.05) is 6.54 Å². The highest BCUT2D eigenvalue weighted by Gasteiger charge is 2.22. The van der Waals surface area contributed by atoms with Gasteiger partial charge < -0.3 is 9.73 Å². The van der Waals surface area contributed by atoms with Crippen LogP contribution in [0.25, 0.3) is 0 Å². The summed E-state index contributed by atoms with van der Waals surface area (Å²) in [6.07, 6.45) is 2.21. The van der Waals surface area contributed by atoms with E-state index in [0.29, 0.717) is 21.2 Å². The predicted molar refractivity (Wildman–Crippen MR) is 80.3 cm³/mol. The van der Waals surface area contributed by atoms with Gasteiger partial charge in [0.15, 0.2) is 0 Å². The van der Waals surface area contributed by atoms with E-state index in [1.165, 1.54) is 11.8 Å². The van der Waals surface area contributed by atoms with E-state index in [-0.39, 0.29) is 6.04 Å². The first-order valence-electron chi connectivity index (χ1n) is 6.36. The minimum absolute atomic E-state index is 0.210. The molecular formula is C13H13Cl2N3OS. The van der Waals surface area contributed by atoms with E-state index in [4.69, 9.17) is 27.6 Å². The number of hydrogen-bond donors (Lipinski definition) is 1. The van der Waals surface area contributed by atoms with Crippen LogP contribution in [0.3, 0.4) is 0 Å². The van der Waals surface area contributed by atoms with Gasteiger partial charge in [0.25, 0.3) is 5.22 Å². The van der Waals surface area contributed by atoms with Crippen LogP contribution in [-0.4, -0.2) is 16.7 Å². The fourth-order valence-electron chi connectivity index (χ4n) is 2.09. The van der Waals surface area contributed by atoms with E-state index in [2.05, 4.69) is 15.5 Å². The zero-order valence-electron chi connectivity index (χ0n) is 10.6. The number of hydrogen-bond acceptors (Lipinski definition) is 5. The molecule has 1 fully saturated rings. The van der Waals surface area contributed by atoms with Gasteiger partial charge in [-0.2, -0.15) is 0 Å². The summed E-state index contributed by atoms with van der Waals surface area (Å²) in [7, 11) is 0. The van der Waals surface area contributed by atoms with Crippen LogP contribution in [-0.2, 0) is 5.75 Å². The topological polar surface area (TPSA) is 51.0 Å². The Balaban J connectivity index is 1.61. The fourth-order valence-corrected chi connectivity index (χ4v) is 3.12. The molecule has 7 heteroatoms. The lowest BCUT2D eigenvalue weighted by molar-refractivity contribution is 0.374. The highest BCUT2D eigenvalue weighted by Crippen LogP contribution is 2.29. The molecule has 1 aliphatic rings. The molecule has 106 valence electrons. The van der Waals surface area contributed by atoms with Gasteiger partial charge in [-0.15, -0.1) is 10.2 Å². The van der Waals surface area contributed by atoms with Crippen molar-refractivity contribution < 1.29 is 4.42 Å². The van der Waals surface area contributed by atoms with Crippen molar-refractivity contribution in [3.63, 3.8) is 0 Å². The van der Waals surface area contributed by atoms with Crippen LogP contribution in [0.15, 0.2) is 27.8 Å². The van der Waals surface area contributed by atoms with Crippen LogP contribution >= 0.6 is 35.0 Å². The second-order valence-corrected chi connectivity index (χ2v) is 6.33. The molecule has 1 N–H and O–H groups in total. The molecule has 2 aromatic rings. The summed E-state index contributed by atoms with van der Waals surface area (Å²) >= 11 is 13.4. The molecule has 1 saturated heterocycles. The summed E-state index contributed by atoms with van der Waals surface area (Å²) in [5.74, 6) is 1.40. The second kappa shape index (κ2) is 6.35. The summed E-state index contributed by atoms with van der Waals surface area (Å²) in [4.78, 5) is 0. The summed E-state index contributed by atoms with van der Waals surface area (Å²) in [5.41, 5.74) is 1.07. The Morgan fingerprint density at radius 3 is 2.95 bits per heavy atom. The first-order chi connectivity index (χ1) is 9.72. The Morgan fingerprint density at radius 2 is 2.20 bits per heavy atom. The third kappa shape index (κ3) is 3.28. The van der Waals surface area contributed by atoms with Crippen molar-refractivity contribution in [2.45, 2.75) is 29.9 Å². The van der Waals surface area contributed by atoms with Crippen molar-refractivity contribution in [3.05, 3.63) is 39.7 Å². The summed E-state index contributed by atoms with van der Waals surface area (Å²) in [6.45, 7) is 1.01. The maximum absolute atomic E-state index is 5.98. The van der Waals surface area contributed by atoms with E-state index in [9.17, 15) is 0 Å². The van der Waals surface area contributed by atoms with Crippen molar-refractivity contribution in [1.29, 1.82) is 0 Å². The molecule has 0 saturated carbocycles. The van der Waals surface area contributed by atoms with Gasteiger partial charge in [0.1, 0.15) is 0 Å². The largest absolute Gasteiger partial charge is 0.414 e. The average molecular weight is 330 g/mol. The van der Waals surface area contributed by atoms with Crippen LogP contribution in [0.5, 0.6) is 0 Å². The predicted octanol–water partition coefficient (Wildman–Crippen LogP) is 4.09. The highest BCUT2D eigenvalue weighted by atomic mass is 35.5. The number of halogens is 2. The molecule has 0 spiro atoms. The molecule has 2 heterocycles. The molecule has 1 aromatic carbocycles. The van der Waals surface area contributed by atoms with Gasteiger partial charge in [-0.25, -0.2) is 0 Å². The molecule has 1 aromatic heterocycles. The number of thioether (sulfide) groups is 1. The third-order valence-electron chi connectivity index (χ3n) is 3.13. The Bertz CT molecular complexity index is 599. The molecule has 3 rings (SSSR count). The Hall–Kier alpha value is -0.750. The normalized spacial score (nSPS) is 18.6. The van der Waals surface area contributed by atoms with Crippen molar-refractivity contribution in [1.82, 2.24) is 15.5 Å². The number of nitrogens with one attached hydrogen (secondary N) is 1. The zero-order valence-corrected chi connectivity index (χ0v) is 12.9. The van der Waals surface area contributed by atoms with Crippen LogP contribution < -0.4 is 5.32 Å². The fraction of sp³-hybridized carbons (Fsp3) is 0.385. The van der Waals surface area contributed by atoms with Crippen LogP contribution in [0.4, 0.5) is 0 Å². The van der Waals surface area contributed by atoms with Gasteiger partial charge in [0.05, 0.1) is 16.1 Å². The Labute approximate surface area is 131 Å². The van der Waals surface area contributed by atoms with Gasteiger partial charge >= 0.3 is 0 Å². The monoisotopic (exact) mass is 329 g/mol. The number of benzene rings is 1. The van der Waals surface area contributed by atoms with Crippen molar-refractivity contribution >= 4 is 35.0 Å². The summed E-state index contributed by atoms with van der Waals surface area (Å²) in [6, 6.07) is 5.80. The minimum atomic E-state index is 0.210. The highest BCUT2D eigenvalue weighted by molar-refractivity contribution is 7.98. The smallest absolute Gasteiger partial charge is 0.276 e. The number of nitrogens with zero attached hydrogens (tertiary/aromatic N) is 2. The molecule has 0 radical (unpaired) electrons. The van der Waals surface area contributed by atoms with Gasteiger partial charge in [-0.05, 0) is 37.1 Å². The Morgan fingerprint density at radius 1 is 1.30 bits per heavy atom. The summed E-state index contributed by atoms with van der Waals surface area (Å²) < 4.78 is 5.66. The quantitative estimate of drug-likeness (QED) is 0.856. The van der Waals surface area contributed by atoms with E-state index < -0.39 is 0 Å². The van der Waals surface area contributed by atoms with Gasteiger partial charge in [0, 0.05) is 5.75 Å². The lowest BCUT2D eigenvalue weighted by atomic mass is 10.2. The molecule has 4 nitrogen and oxygen atoms in total. The molecule has 1 atom stereocenters. The van der Waals surface area contributed by atoms with E-state index in [0.717, 1.165) is 30.7 Å². The van der Waals surface area contributed by atoms with Crippen molar-refractivity contribution in [2.24, 2.45) is 0 Å². The second-order valence-electron chi connectivity index (χ2n) is 4.59. The third-order valence-corrected chi connectivity index (χ3v) is 4.76. The molecule has 0 unspecified atom stereocenters. The molecule has 20 heavy (non-hydrogen) atoms. The lowest BCUT2D eigenvalue weighted by Gasteiger charge is -2.02. The number of aromatic nitrogens is 2. The molecule has 0 aliphatic carbocycles. The van der Waals surface area contributed by atoms with Crippen molar-refractivity contribution in [3.8, 4) is 0 Å². The first kappa shape index (κ1) is 14.2. The maximum atomic E-state index is 5.98. The molecule has 0 amide bonds. The van der Waals surface area contributed by atoms with Gasteiger partial charge in [0.2, 0.25) is 5.89 Å². The molecule has 0 bridgehead atoms. The van der Waals surface area contributed by atoms with Gasteiger partial charge in [-0.3, -0.25) is 0 Å². The zero-order chi connectivity index (χ0) is 13.9.